The van der Waals surface area contributed by atoms with Crippen LogP contribution >= 0.6 is 27.5 Å². The molecule has 0 spiro atoms. The van der Waals surface area contributed by atoms with Gasteiger partial charge < -0.3 is 14.4 Å². The third-order valence-electron chi connectivity index (χ3n) is 3.35. The molecule has 100 valence electrons. The Labute approximate surface area is 121 Å². The van der Waals surface area contributed by atoms with E-state index >= 15 is 0 Å². The minimum atomic E-state index is 0.119. The Morgan fingerprint density at radius 3 is 2.39 bits per heavy atom. The van der Waals surface area contributed by atoms with Crippen molar-refractivity contribution in [1.82, 2.24) is 0 Å². The number of methoxy groups -OCH3 is 2. The number of ether oxygens (including phenoxy) is 2. The van der Waals surface area contributed by atoms with Gasteiger partial charge in [0.2, 0.25) is 0 Å². The molecule has 0 N–H and O–H groups in total. The third-order valence-corrected chi connectivity index (χ3v) is 4.19. The summed E-state index contributed by atoms with van der Waals surface area (Å²) in [7, 11) is 3.46. The van der Waals surface area contributed by atoms with Gasteiger partial charge in [-0.05, 0) is 23.8 Å². The molecule has 2 rings (SSSR count). The first-order chi connectivity index (χ1) is 8.69. The second kappa shape index (κ2) is 6.24. The lowest BCUT2D eigenvalue weighted by Crippen LogP contribution is -2.27. The summed E-state index contributed by atoms with van der Waals surface area (Å²) in [6.07, 6.45) is 0.239. The Morgan fingerprint density at radius 1 is 1.28 bits per heavy atom. The number of nitrogens with zero attached hydrogens (tertiary/aromatic N) is 1. The van der Waals surface area contributed by atoms with Crippen molar-refractivity contribution < 1.29 is 9.47 Å². The molecule has 1 fully saturated rings. The molecule has 3 nitrogen and oxygen atoms in total. The fourth-order valence-electron chi connectivity index (χ4n) is 2.36. The summed E-state index contributed by atoms with van der Waals surface area (Å²) in [6, 6.07) is 5.97. The smallest absolute Gasteiger partial charge is 0.102 e. The zero-order valence-electron chi connectivity index (χ0n) is 10.5. The molecule has 2 unspecified atom stereocenters. The van der Waals surface area contributed by atoms with E-state index in [4.69, 9.17) is 21.1 Å². The van der Waals surface area contributed by atoms with E-state index in [0.717, 1.165) is 23.4 Å². The van der Waals surface area contributed by atoms with Crippen molar-refractivity contribution in [2.45, 2.75) is 17.5 Å². The molecule has 1 heterocycles. The number of benzene rings is 1. The minimum Gasteiger partial charge on any atom is -0.377 e. The second-order valence-electron chi connectivity index (χ2n) is 4.36. The van der Waals surface area contributed by atoms with Crippen molar-refractivity contribution in [3.63, 3.8) is 0 Å². The maximum atomic E-state index is 6.03. The topological polar surface area (TPSA) is 21.7 Å². The van der Waals surface area contributed by atoms with Crippen LogP contribution in [0.1, 0.15) is 5.56 Å². The van der Waals surface area contributed by atoms with Crippen LogP contribution in [0.15, 0.2) is 18.2 Å². The fourth-order valence-corrected chi connectivity index (χ4v) is 3.01. The van der Waals surface area contributed by atoms with Crippen LogP contribution in [0.4, 0.5) is 5.69 Å². The number of anilines is 1. The van der Waals surface area contributed by atoms with Crippen LogP contribution in [0.2, 0.25) is 5.02 Å². The van der Waals surface area contributed by atoms with E-state index in [1.54, 1.807) is 14.2 Å². The zero-order chi connectivity index (χ0) is 13.1. The quantitative estimate of drug-likeness (QED) is 0.790. The van der Waals surface area contributed by atoms with Crippen molar-refractivity contribution in [3.05, 3.63) is 28.8 Å². The lowest BCUT2D eigenvalue weighted by Gasteiger charge is -2.21. The maximum Gasteiger partial charge on any atom is 0.102 e. The van der Waals surface area contributed by atoms with Gasteiger partial charge in [-0.3, -0.25) is 0 Å². The monoisotopic (exact) mass is 333 g/mol. The Balaban J connectivity index is 2.22. The van der Waals surface area contributed by atoms with Gasteiger partial charge in [0.15, 0.2) is 0 Å². The molecule has 1 aliphatic rings. The molecule has 2 atom stereocenters. The first-order valence-electron chi connectivity index (χ1n) is 5.84. The summed E-state index contributed by atoms with van der Waals surface area (Å²) >= 11 is 9.53. The summed E-state index contributed by atoms with van der Waals surface area (Å²) in [5.41, 5.74) is 2.38. The van der Waals surface area contributed by atoms with Crippen LogP contribution < -0.4 is 4.90 Å². The van der Waals surface area contributed by atoms with Crippen molar-refractivity contribution in [2.24, 2.45) is 0 Å². The Bertz CT molecular complexity index is 404. The fraction of sp³-hybridized carbons (Fsp3) is 0.538. The van der Waals surface area contributed by atoms with Crippen molar-refractivity contribution in [3.8, 4) is 0 Å². The zero-order valence-corrected chi connectivity index (χ0v) is 12.9. The normalized spacial score (nSPS) is 23.7. The SMILES string of the molecule is COC1CN(c2ccc(Cl)cc2CBr)CC1OC. The highest BCUT2D eigenvalue weighted by atomic mass is 79.9. The lowest BCUT2D eigenvalue weighted by molar-refractivity contribution is -0.00461. The lowest BCUT2D eigenvalue weighted by atomic mass is 10.2. The summed E-state index contributed by atoms with van der Waals surface area (Å²) in [6.45, 7) is 1.69. The summed E-state index contributed by atoms with van der Waals surface area (Å²) in [5, 5.41) is 1.55. The van der Waals surface area contributed by atoms with Gasteiger partial charge >= 0.3 is 0 Å². The van der Waals surface area contributed by atoms with Crippen LogP contribution in [0.3, 0.4) is 0 Å². The van der Waals surface area contributed by atoms with Gasteiger partial charge in [-0.2, -0.15) is 0 Å². The van der Waals surface area contributed by atoms with Crippen LogP contribution in [0.25, 0.3) is 0 Å². The highest BCUT2D eigenvalue weighted by Gasteiger charge is 2.33. The molecular weight excluding hydrogens is 318 g/mol. The maximum absolute atomic E-state index is 6.03. The number of hydrogen-bond donors (Lipinski definition) is 0. The molecule has 0 bridgehead atoms. The number of halogens is 2. The van der Waals surface area contributed by atoms with E-state index in [-0.39, 0.29) is 12.2 Å². The molecule has 0 radical (unpaired) electrons. The third kappa shape index (κ3) is 2.82. The van der Waals surface area contributed by atoms with Crippen LogP contribution in [-0.2, 0) is 14.8 Å². The molecular formula is C13H17BrClNO2. The number of alkyl halides is 1. The molecule has 1 saturated heterocycles. The van der Waals surface area contributed by atoms with Crippen LogP contribution in [0, 0.1) is 0 Å². The van der Waals surface area contributed by atoms with Gasteiger partial charge in [0.25, 0.3) is 0 Å². The molecule has 18 heavy (non-hydrogen) atoms. The highest BCUT2D eigenvalue weighted by molar-refractivity contribution is 9.08. The van der Waals surface area contributed by atoms with Gasteiger partial charge in [0.1, 0.15) is 12.2 Å². The summed E-state index contributed by atoms with van der Waals surface area (Å²) in [5.74, 6) is 0. The molecule has 0 aromatic heterocycles. The van der Waals surface area contributed by atoms with Crippen molar-refractivity contribution in [1.29, 1.82) is 0 Å². The first kappa shape index (κ1) is 14.1. The Kier molecular flexibility index (Phi) is 4.90. The summed E-state index contributed by atoms with van der Waals surface area (Å²) < 4.78 is 10.9. The van der Waals surface area contributed by atoms with Gasteiger partial charge in [-0.25, -0.2) is 0 Å². The Hall–Kier alpha value is -0.290. The van der Waals surface area contributed by atoms with Crippen LogP contribution in [-0.4, -0.2) is 39.5 Å². The van der Waals surface area contributed by atoms with Crippen LogP contribution in [0.5, 0.6) is 0 Å². The molecule has 0 amide bonds. The van der Waals surface area contributed by atoms with E-state index < -0.39 is 0 Å². The van der Waals surface area contributed by atoms with Gasteiger partial charge in [0.05, 0.1) is 0 Å². The highest BCUT2D eigenvalue weighted by Crippen LogP contribution is 2.30. The molecule has 0 aliphatic carbocycles. The minimum absolute atomic E-state index is 0.119. The predicted octanol–water partition coefficient (Wildman–Crippen LogP) is 3.08. The van der Waals surface area contributed by atoms with Crippen molar-refractivity contribution >= 4 is 33.2 Å². The van der Waals surface area contributed by atoms with E-state index in [0.29, 0.717) is 0 Å². The number of rotatable bonds is 4. The predicted molar refractivity (Wildman–Crippen MR) is 77.9 cm³/mol. The van der Waals surface area contributed by atoms with Gasteiger partial charge in [-0.1, -0.05) is 27.5 Å². The molecule has 1 aromatic rings. The number of hydrogen-bond acceptors (Lipinski definition) is 3. The van der Waals surface area contributed by atoms with Crippen molar-refractivity contribution in [2.75, 3.05) is 32.2 Å². The van der Waals surface area contributed by atoms with E-state index in [9.17, 15) is 0 Å². The first-order valence-corrected chi connectivity index (χ1v) is 7.34. The molecule has 1 aliphatic heterocycles. The average molecular weight is 335 g/mol. The second-order valence-corrected chi connectivity index (χ2v) is 5.36. The molecule has 0 saturated carbocycles. The van der Waals surface area contributed by atoms with E-state index in [1.165, 1.54) is 11.3 Å². The van der Waals surface area contributed by atoms with Gasteiger partial charge in [0, 0.05) is 43.3 Å². The standard InChI is InChI=1S/C13H17BrClNO2/c1-17-12-7-16(8-13(12)18-2)11-4-3-10(15)5-9(11)6-14/h3-5,12-13H,6-8H2,1-2H3. The average Bonchev–Trinajstić information content (AvgIpc) is 2.81. The molecule has 1 aromatic carbocycles. The Morgan fingerprint density at radius 2 is 1.89 bits per heavy atom. The van der Waals surface area contributed by atoms with E-state index in [1.807, 2.05) is 12.1 Å². The van der Waals surface area contributed by atoms with Gasteiger partial charge in [-0.15, -0.1) is 0 Å². The molecule has 5 heteroatoms. The summed E-state index contributed by atoms with van der Waals surface area (Å²) in [4.78, 5) is 2.29. The van der Waals surface area contributed by atoms with E-state index in [2.05, 4.69) is 26.9 Å². The largest absolute Gasteiger partial charge is 0.377 e.